The Morgan fingerprint density at radius 1 is 1.39 bits per heavy atom. The summed E-state index contributed by atoms with van der Waals surface area (Å²) in [5.41, 5.74) is 8.98. The molecule has 0 radical (unpaired) electrons. The molecule has 0 saturated heterocycles. The summed E-state index contributed by atoms with van der Waals surface area (Å²) < 4.78 is 32.9. The van der Waals surface area contributed by atoms with Crippen LogP contribution < -0.4 is 15.2 Å². The van der Waals surface area contributed by atoms with E-state index in [4.69, 9.17) is 16.9 Å². The fraction of sp³-hybridized carbons (Fsp3) is 0.350. The van der Waals surface area contributed by atoms with Crippen LogP contribution in [0.4, 0.5) is 5.82 Å². The number of aromatic nitrogens is 4. The molecule has 3 aromatic rings. The fourth-order valence-corrected chi connectivity index (χ4v) is 4.91. The first kappa shape index (κ1) is 21.4. The number of hydrogen-bond acceptors (Lipinski definition) is 8. The average Bonchev–Trinajstić information content (AvgIpc) is 3.08. The maximum absolute atomic E-state index is 11.3. The van der Waals surface area contributed by atoms with Crippen molar-refractivity contribution >= 4 is 38.8 Å². The second kappa shape index (κ2) is 8.74. The molecule has 0 spiro atoms. The molecule has 3 heterocycles. The summed E-state index contributed by atoms with van der Waals surface area (Å²) in [6, 6.07) is 3.95. The maximum Gasteiger partial charge on any atom is 0.208 e. The van der Waals surface area contributed by atoms with Crippen molar-refractivity contribution in [1.82, 2.24) is 24.2 Å². The Morgan fingerprint density at radius 3 is 3.00 bits per heavy atom. The van der Waals surface area contributed by atoms with Crippen LogP contribution in [0, 0.1) is 12.3 Å². The van der Waals surface area contributed by atoms with E-state index in [1.54, 1.807) is 0 Å². The van der Waals surface area contributed by atoms with Crippen molar-refractivity contribution in [1.29, 1.82) is 0 Å². The summed E-state index contributed by atoms with van der Waals surface area (Å²) in [4.78, 5) is 13.9. The van der Waals surface area contributed by atoms with E-state index >= 15 is 0 Å². The van der Waals surface area contributed by atoms with Gasteiger partial charge < -0.3 is 15.0 Å². The van der Waals surface area contributed by atoms with Crippen molar-refractivity contribution in [3.63, 3.8) is 0 Å². The van der Waals surface area contributed by atoms with Crippen molar-refractivity contribution in [2.45, 2.75) is 35.9 Å². The number of terminal acetylenes is 1. The summed E-state index contributed by atoms with van der Waals surface area (Å²) in [5.74, 6) is 3.88. The molecule has 9 nitrogen and oxygen atoms in total. The van der Waals surface area contributed by atoms with Crippen molar-refractivity contribution in [3.8, 4) is 18.1 Å². The van der Waals surface area contributed by atoms with E-state index in [-0.39, 0.29) is 5.82 Å². The van der Waals surface area contributed by atoms with Gasteiger partial charge in [0.2, 0.25) is 10.0 Å². The van der Waals surface area contributed by atoms with E-state index < -0.39 is 10.0 Å². The summed E-state index contributed by atoms with van der Waals surface area (Å²) in [6.07, 6.45) is 10.8. The molecule has 0 bridgehead atoms. The zero-order valence-corrected chi connectivity index (χ0v) is 18.6. The third-order valence-corrected chi connectivity index (χ3v) is 6.60. The quantitative estimate of drug-likeness (QED) is 0.406. The molecule has 0 atom stereocenters. The third-order valence-electron chi connectivity index (χ3n) is 4.82. The van der Waals surface area contributed by atoms with Gasteiger partial charge in [-0.05, 0) is 37.0 Å². The number of benzene rings is 1. The minimum Gasteiger partial charge on any atom is -0.493 e. The van der Waals surface area contributed by atoms with Crippen LogP contribution in [0.15, 0.2) is 28.5 Å². The zero-order valence-electron chi connectivity index (χ0n) is 17.0. The van der Waals surface area contributed by atoms with Gasteiger partial charge in [-0.1, -0.05) is 17.7 Å². The van der Waals surface area contributed by atoms with Gasteiger partial charge >= 0.3 is 0 Å². The van der Waals surface area contributed by atoms with E-state index in [9.17, 15) is 8.42 Å². The second-order valence-corrected chi connectivity index (χ2v) is 9.99. The molecule has 0 aliphatic carbocycles. The fourth-order valence-electron chi connectivity index (χ4n) is 3.38. The van der Waals surface area contributed by atoms with Gasteiger partial charge in [-0.25, -0.2) is 28.1 Å². The number of nitrogen functional groups attached to an aromatic ring is 1. The minimum atomic E-state index is -3.25. The predicted octanol–water partition coefficient (Wildman–Crippen LogP) is 1.81. The molecule has 0 unspecified atom stereocenters. The lowest BCUT2D eigenvalue weighted by molar-refractivity contribution is 0.287. The second-order valence-electron chi connectivity index (χ2n) is 7.15. The van der Waals surface area contributed by atoms with E-state index in [0.717, 1.165) is 40.9 Å². The van der Waals surface area contributed by atoms with E-state index in [1.807, 2.05) is 16.7 Å². The molecule has 0 saturated carbocycles. The Bertz CT molecular complexity index is 1280. The smallest absolute Gasteiger partial charge is 0.208 e. The normalized spacial score (nSPS) is 13.5. The van der Waals surface area contributed by atoms with E-state index in [2.05, 4.69) is 25.6 Å². The lowest BCUT2D eigenvalue weighted by atomic mass is 10.0. The zero-order chi connectivity index (χ0) is 22.0. The van der Waals surface area contributed by atoms with Crippen LogP contribution >= 0.6 is 11.8 Å². The Hall–Kier alpha value is -2.81. The Balaban J connectivity index is 1.69. The highest BCUT2D eigenvalue weighted by Crippen LogP contribution is 2.37. The molecule has 2 aromatic heterocycles. The first-order valence-electron chi connectivity index (χ1n) is 9.71. The van der Waals surface area contributed by atoms with Gasteiger partial charge in [0.25, 0.3) is 0 Å². The number of sulfonamides is 1. The lowest BCUT2D eigenvalue weighted by Crippen LogP contribution is -2.24. The minimum absolute atomic E-state index is 0.283. The van der Waals surface area contributed by atoms with Gasteiger partial charge in [0.15, 0.2) is 22.1 Å². The molecular weight excluding hydrogens is 436 g/mol. The Kier molecular flexibility index (Phi) is 6.04. The maximum atomic E-state index is 11.3. The van der Waals surface area contributed by atoms with Crippen LogP contribution in [0.25, 0.3) is 11.2 Å². The number of nitrogens with zero attached hydrogens (tertiary/aromatic N) is 4. The van der Waals surface area contributed by atoms with Crippen molar-refractivity contribution < 1.29 is 13.2 Å². The number of nitrogens with one attached hydrogen (secondary N) is 1. The molecule has 1 aromatic carbocycles. The highest BCUT2D eigenvalue weighted by atomic mass is 32.2. The van der Waals surface area contributed by atoms with Crippen LogP contribution in [0.3, 0.4) is 0 Å². The SMILES string of the molecule is C#Cc1cc2c(cc1Sc1nc3c(N)ncnc3n1CCCNS(C)(=O)=O)OCCC2. The first-order valence-corrected chi connectivity index (χ1v) is 12.4. The topological polar surface area (TPSA) is 125 Å². The van der Waals surface area contributed by atoms with Crippen LogP contribution in [0.5, 0.6) is 5.75 Å². The molecule has 0 amide bonds. The number of rotatable bonds is 7. The molecule has 1 aliphatic rings. The van der Waals surface area contributed by atoms with Gasteiger partial charge in [0.1, 0.15) is 12.1 Å². The van der Waals surface area contributed by atoms with Gasteiger partial charge in [0.05, 0.1) is 12.9 Å². The predicted molar refractivity (Wildman–Crippen MR) is 120 cm³/mol. The lowest BCUT2D eigenvalue weighted by Gasteiger charge is -2.19. The van der Waals surface area contributed by atoms with Gasteiger partial charge in [-0.3, -0.25) is 0 Å². The first-order chi connectivity index (χ1) is 14.9. The molecule has 4 rings (SSSR count). The van der Waals surface area contributed by atoms with Crippen LogP contribution in [-0.4, -0.2) is 47.3 Å². The number of ether oxygens (including phenoxy) is 1. The molecule has 11 heteroatoms. The third kappa shape index (κ3) is 4.76. The number of aryl methyl sites for hydroxylation is 2. The number of imidazole rings is 1. The van der Waals surface area contributed by atoms with Gasteiger partial charge in [0, 0.05) is 23.5 Å². The Morgan fingerprint density at radius 2 is 2.23 bits per heavy atom. The van der Waals surface area contributed by atoms with Crippen molar-refractivity contribution in [2.75, 3.05) is 25.1 Å². The van der Waals surface area contributed by atoms with Gasteiger partial charge in [-0.15, -0.1) is 6.42 Å². The molecule has 1 aliphatic heterocycles. The summed E-state index contributed by atoms with van der Waals surface area (Å²) in [6.45, 7) is 1.47. The molecule has 0 fully saturated rings. The number of anilines is 1. The standard InChI is InChI=1S/C20H22N6O3S2/c1-3-13-10-14-6-4-9-29-15(14)11-16(13)30-20-25-17-18(21)22-12-23-19(17)26(20)8-5-7-24-31(2,27)28/h1,10-12,24H,4-9H2,2H3,(H2,21,22,23). The highest BCUT2D eigenvalue weighted by molar-refractivity contribution is 7.99. The molecular formula is C20H22N6O3S2. The monoisotopic (exact) mass is 458 g/mol. The van der Waals surface area contributed by atoms with Crippen LogP contribution in [0.1, 0.15) is 24.0 Å². The Labute approximate surface area is 184 Å². The van der Waals surface area contributed by atoms with Crippen molar-refractivity contribution in [3.05, 3.63) is 29.6 Å². The van der Waals surface area contributed by atoms with E-state index in [0.29, 0.717) is 42.4 Å². The summed E-state index contributed by atoms with van der Waals surface area (Å²) in [5, 5.41) is 0.647. The highest BCUT2D eigenvalue weighted by Gasteiger charge is 2.19. The van der Waals surface area contributed by atoms with Crippen LogP contribution in [-0.2, 0) is 23.0 Å². The number of nitrogens with two attached hydrogens (primary N) is 1. The molecule has 31 heavy (non-hydrogen) atoms. The molecule has 3 N–H and O–H groups in total. The van der Waals surface area contributed by atoms with E-state index in [1.165, 1.54) is 18.1 Å². The van der Waals surface area contributed by atoms with Crippen LogP contribution in [0.2, 0.25) is 0 Å². The largest absolute Gasteiger partial charge is 0.493 e. The summed E-state index contributed by atoms with van der Waals surface area (Å²) >= 11 is 1.40. The van der Waals surface area contributed by atoms with Crippen molar-refractivity contribution in [2.24, 2.45) is 0 Å². The van der Waals surface area contributed by atoms with Gasteiger partial charge in [-0.2, -0.15) is 0 Å². The average molecular weight is 459 g/mol. The number of hydrogen-bond donors (Lipinski definition) is 2. The molecule has 162 valence electrons. The summed E-state index contributed by atoms with van der Waals surface area (Å²) in [7, 11) is -3.25. The number of fused-ring (bicyclic) bond motifs is 2.